The maximum absolute atomic E-state index is 12.1. The van der Waals surface area contributed by atoms with Crippen molar-refractivity contribution in [2.45, 2.75) is 13.0 Å². The van der Waals surface area contributed by atoms with E-state index in [0.29, 0.717) is 18.7 Å². The average molecular weight is 248 g/mol. The molecule has 0 aromatic heterocycles. The maximum Gasteiger partial charge on any atom is 0.228 e. The van der Waals surface area contributed by atoms with Crippen molar-refractivity contribution in [1.82, 2.24) is 10.2 Å². The summed E-state index contributed by atoms with van der Waals surface area (Å²) in [5.41, 5.74) is 0.700. The second kappa shape index (κ2) is 5.08. The lowest BCUT2D eigenvalue weighted by Gasteiger charge is -2.20. The molecule has 0 saturated carbocycles. The summed E-state index contributed by atoms with van der Waals surface area (Å²) in [6.07, 6.45) is 0.254. The van der Waals surface area contributed by atoms with Crippen molar-refractivity contribution in [2.24, 2.45) is 5.92 Å². The molecule has 0 radical (unpaired) electrons. The highest BCUT2D eigenvalue weighted by Gasteiger charge is 2.30. The summed E-state index contributed by atoms with van der Waals surface area (Å²) in [7, 11) is 1.68. The summed E-state index contributed by atoms with van der Waals surface area (Å²) in [5.74, 6) is -0.257. The summed E-state index contributed by atoms with van der Waals surface area (Å²) in [5, 5.41) is 12.3. The third-order valence-electron chi connectivity index (χ3n) is 3.10. The molecule has 1 saturated heterocycles. The van der Waals surface area contributed by atoms with Crippen molar-refractivity contribution in [3.8, 4) is 5.75 Å². The fourth-order valence-corrected chi connectivity index (χ4v) is 2.07. The maximum atomic E-state index is 12.1. The normalized spacial score (nSPS) is 18.5. The molecule has 2 rings (SSSR count). The molecular weight excluding hydrogens is 232 g/mol. The fourth-order valence-electron chi connectivity index (χ4n) is 2.07. The predicted octanol–water partition coefficient (Wildman–Crippen LogP) is 0.487. The van der Waals surface area contributed by atoms with Crippen LogP contribution in [0.1, 0.15) is 12.0 Å². The minimum Gasteiger partial charge on any atom is -0.508 e. The molecule has 1 aromatic carbocycles. The van der Waals surface area contributed by atoms with Gasteiger partial charge in [-0.2, -0.15) is 0 Å². The first kappa shape index (κ1) is 12.4. The molecule has 0 bridgehead atoms. The second-order valence-electron chi connectivity index (χ2n) is 4.53. The van der Waals surface area contributed by atoms with Gasteiger partial charge in [-0.15, -0.1) is 0 Å². The zero-order chi connectivity index (χ0) is 13.1. The van der Waals surface area contributed by atoms with Crippen LogP contribution in [-0.4, -0.2) is 35.4 Å². The molecule has 5 heteroatoms. The lowest BCUT2D eigenvalue weighted by molar-refractivity contribution is -0.135. The summed E-state index contributed by atoms with van der Waals surface area (Å²) in [6, 6.07) is 6.92. The Bertz CT molecular complexity index is 473. The van der Waals surface area contributed by atoms with Gasteiger partial charge in [0.15, 0.2) is 0 Å². The molecule has 2 amide bonds. The van der Waals surface area contributed by atoms with Crippen molar-refractivity contribution in [1.29, 1.82) is 0 Å². The van der Waals surface area contributed by atoms with Gasteiger partial charge in [-0.3, -0.25) is 9.59 Å². The Labute approximate surface area is 105 Å². The number of hydrogen-bond acceptors (Lipinski definition) is 3. The molecule has 5 nitrogen and oxygen atoms in total. The van der Waals surface area contributed by atoms with Gasteiger partial charge in [0.25, 0.3) is 0 Å². The minimum atomic E-state index is -0.284. The van der Waals surface area contributed by atoms with Gasteiger partial charge in [0.05, 0.1) is 5.92 Å². The molecule has 1 atom stereocenters. The molecule has 1 aliphatic rings. The van der Waals surface area contributed by atoms with E-state index in [9.17, 15) is 14.7 Å². The zero-order valence-corrected chi connectivity index (χ0v) is 10.2. The molecule has 1 unspecified atom stereocenters. The number of phenols is 1. The van der Waals surface area contributed by atoms with Gasteiger partial charge in [-0.25, -0.2) is 0 Å². The molecule has 2 N–H and O–H groups in total. The first-order valence-electron chi connectivity index (χ1n) is 5.86. The molecular formula is C13H16N2O3. The summed E-state index contributed by atoms with van der Waals surface area (Å²) >= 11 is 0. The first-order chi connectivity index (χ1) is 8.58. The van der Waals surface area contributed by atoms with E-state index in [2.05, 4.69) is 5.32 Å². The van der Waals surface area contributed by atoms with Crippen molar-refractivity contribution >= 4 is 11.8 Å². The topological polar surface area (TPSA) is 69.6 Å². The van der Waals surface area contributed by atoms with Gasteiger partial charge >= 0.3 is 0 Å². The number of amides is 2. The highest BCUT2D eigenvalue weighted by molar-refractivity contribution is 5.89. The molecule has 96 valence electrons. The van der Waals surface area contributed by atoms with E-state index in [4.69, 9.17) is 0 Å². The largest absolute Gasteiger partial charge is 0.508 e. The number of para-hydroxylation sites is 1. The van der Waals surface area contributed by atoms with Crippen molar-refractivity contribution < 1.29 is 14.7 Å². The number of nitrogens with zero attached hydrogens (tertiary/aromatic N) is 1. The Hall–Kier alpha value is -2.04. The van der Waals surface area contributed by atoms with E-state index in [1.54, 1.807) is 30.1 Å². The van der Waals surface area contributed by atoms with Gasteiger partial charge in [0.1, 0.15) is 5.75 Å². The Balaban J connectivity index is 2.00. The number of carbonyl (C=O) groups excluding carboxylic acids is 2. The van der Waals surface area contributed by atoms with Crippen molar-refractivity contribution in [3.63, 3.8) is 0 Å². The quantitative estimate of drug-likeness (QED) is 0.817. The smallest absolute Gasteiger partial charge is 0.228 e. The lowest BCUT2D eigenvalue weighted by atomic mass is 10.1. The van der Waals surface area contributed by atoms with Crippen LogP contribution in [0.15, 0.2) is 24.3 Å². The number of carbonyl (C=O) groups is 2. The van der Waals surface area contributed by atoms with Crippen LogP contribution in [0.25, 0.3) is 0 Å². The fraction of sp³-hybridized carbons (Fsp3) is 0.385. The SMILES string of the molecule is CN(Cc1ccccc1O)C(=O)C1CNC(=O)C1. The Morgan fingerprint density at radius 2 is 2.22 bits per heavy atom. The third-order valence-corrected chi connectivity index (χ3v) is 3.10. The monoisotopic (exact) mass is 248 g/mol. The Morgan fingerprint density at radius 1 is 1.50 bits per heavy atom. The van der Waals surface area contributed by atoms with E-state index in [-0.39, 0.29) is 29.9 Å². The van der Waals surface area contributed by atoms with E-state index in [1.807, 2.05) is 6.07 Å². The molecule has 1 heterocycles. The Kier molecular flexibility index (Phi) is 3.50. The van der Waals surface area contributed by atoms with Gasteiger partial charge in [-0.05, 0) is 6.07 Å². The average Bonchev–Trinajstić information content (AvgIpc) is 2.78. The molecule has 0 spiro atoms. The number of phenolic OH excluding ortho intramolecular Hbond substituents is 1. The molecule has 0 aliphatic carbocycles. The van der Waals surface area contributed by atoms with Gasteiger partial charge in [-0.1, -0.05) is 18.2 Å². The molecule has 1 fully saturated rings. The Morgan fingerprint density at radius 3 is 2.83 bits per heavy atom. The second-order valence-corrected chi connectivity index (χ2v) is 4.53. The van der Waals surface area contributed by atoms with Crippen LogP contribution in [0.4, 0.5) is 0 Å². The number of nitrogens with one attached hydrogen (secondary N) is 1. The molecule has 1 aliphatic heterocycles. The summed E-state index contributed by atoms with van der Waals surface area (Å²) < 4.78 is 0. The van der Waals surface area contributed by atoms with Gasteiger partial charge in [0, 0.05) is 32.1 Å². The number of aromatic hydroxyl groups is 1. The van der Waals surface area contributed by atoms with Crippen LogP contribution in [0.3, 0.4) is 0 Å². The van der Waals surface area contributed by atoms with Crippen molar-refractivity contribution in [3.05, 3.63) is 29.8 Å². The highest BCUT2D eigenvalue weighted by Crippen LogP contribution is 2.19. The first-order valence-corrected chi connectivity index (χ1v) is 5.86. The predicted molar refractivity (Wildman–Crippen MR) is 65.7 cm³/mol. The van der Waals surface area contributed by atoms with Crippen LogP contribution >= 0.6 is 0 Å². The zero-order valence-electron chi connectivity index (χ0n) is 10.2. The summed E-state index contributed by atoms with van der Waals surface area (Å²) in [6.45, 7) is 0.749. The van der Waals surface area contributed by atoms with Crippen LogP contribution in [0, 0.1) is 5.92 Å². The van der Waals surface area contributed by atoms with E-state index in [1.165, 1.54) is 0 Å². The highest BCUT2D eigenvalue weighted by atomic mass is 16.3. The van der Waals surface area contributed by atoms with E-state index < -0.39 is 0 Å². The van der Waals surface area contributed by atoms with Gasteiger partial charge in [0.2, 0.25) is 11.8 Å². The van der Waals surface area contributed by atoms with Gasteiger partial charge < -0.3 is 15.3 Å². The van der Waals surface area contributed by atoms with Crippen LogP contribution in [0.2, 0.25) is 0 Å². The molecule has 1 aromatic rings. The van der Waals surface area contributed by atoms with Crippen LogP contribution in [0.5, 0.6) is 5.75 Å². The standard InChI is InChI=1S/C13H16N2O3/c1-15(8-9-4-2-3-5-11(9)16)13(18)10-6-12(17)14-7-10/h2-5,10,16H,6-8H2,1H3,(H,14,17). The summed E-state index contributed by atoms with van der Waals surface area (Å²) in [4.78, 5) is 24.7. The minimum absolute atomic E-state index is 0.0726. The van der Waals surface area contributed by atoms with Crippen molar-refractivity contribution in [2.75, 3.05) is 13.6 Å². The van der Waals surface area contributed by atoms with Crippen LogP contribution in [-0.2, 0) is 16.1 Å². The molecule has 18 heavy (non-hydrogen) atoms. The van der Waals surface area contributed by atoms with Crippen LogP contribution < -0.4 is 5.32 Å². The number of rotatable bonds is 3. The van der Waals surface area contributed by atoms with E-state index in [0.717, 1.165) is 0 Å². The third kappa shape index (κ3) is 2.61. The number of benzene rings is 1. The number of hydrogen-bond donors (Lipinski definition) is 2. The van der Waals surface area contributed by atoms with E-state index >= 15 is 0 Å². The lowest BCUT2D eigenvalue weighted by Crippen LogP contribution is -2.33.